The van der Waals surface area contributed by atoms with Crippen LogP contribution in [-0.2, 0) is 0 Å². The number of ether oxygens (including phenoxy) is 3. The molecule has 24 heavy (non-hydrogen) atoms. The summed E-state index contributed by atoms with van der Waals surface area (Å²) in [6.45, 7) is 7.22. The summed E-state index contributed by atoms with van der Waals surface area (Å²) in [6.07, 6.45) is 0. The lowest BCUT2D eigenvalue weighted by atomic mass is 10.1. The highest BCUT2D eigenvalue weighted by Gasteiger charge is 2.12. The van der Waals surface area contributed by atoms with E-state index in [9.17, 15) is 0 Å². The summed E-state index contributed by atoms with van der Waals surface area (Å²) in [7, 11) is 0. The van der Waals surface area contributed by atoms with Gasteiger partial charge in [-0.05, 0) is 53.9 Å². The summed E-state index contributed by atoms with van der Waals surface area (Å²) in [6, 6.07) is 11.5. The van der Waals surface area contributed by atoms with E-state index in [0.717, 1.165) is 16.9 Å². The highest BCUT2D eigenvalue weighted by atomic mass is 79.9. The van der Waals surface area contributed by atoms with Crippen molar-refractivity contribution in [2.45, 2.75) is 20.8 Å². The third-order valence-corrected chi connectivity index (χ3v) is 4.01. The van der Waals surface area contributed by atoms with E-state index in [1.54, 1.807) is 12.1 Å². The fourth-order valence-corrected chi connectivity index (χ4v) is 2.91. The van der Waals surface area contributed by atoms with Crippen LogP contribution in [0.15, 0.2) is 34.8 Å². The highest BCUT2D eigenvalue weighted by Crippen LogP contribution is 2.36. The van der Waals surface area contributed by atoms with Crippen LogP contribution in [0.2, 0.25) is 0 Å². The number of halogens is 1. The Morgan fingerprint density at radius 1 is 1.00 bits per heavy atom. The number of benzene rings is 2. The number of nitriles is 1. The maximum absolute atomic E-state index is 9.05. The van der Waals surface area contributed by atoms with Gasteiger partial charge in [-0.1, -0.05) is 18.2 Å². The number of nitrogens with zero attached hydrogens (tertiary/aromatic N) is 1. The molecule has 0 fully saturated rings. The summed E-state index contributed by atoms with van der Waals surface area (Å²) >= 11 is 3.43. The normalized spacial score (nSPS) is 10.1. The van der Waals surface area contributed by atoms with Gasteiger partial charge in [0, 0.05) is 6.07 Å². The Kier molecular flexibility index (Phi) is 6.51. The van der Waals surface area contributed by atoms with Crippen molar-refractivity contribution in [2.75, 3.05) is 19.8 Å². The van der Waals surface area contributed by atoms with E-state index in [0.29, 0.717) is 41.4 Å². The van der Waals surface area contributed by atoms with Crippen molar-refractivity contribution in [1.29, 1.82) is 5.26 Å². The molecule has 0 spiro atoms. The Morgan fingerprint density at radius 2 is 1.62 bits per heavy atom. The van der Waals surface area contributed by atoms with Crippen LogP contribution in [0.25, 0.3) is 0 Å². The zero-order valence-corrected chi connectivity index (χ0v) is 15.6. The van der Waals surface area contributed by atoms with Gasteiger partial charge in [-0.25, -0.2) is 0 Å². The zero-order valence-electron chi connectivity index (χ0n) is 14.1. The molecule has 4 nitrogen and oxygen atoms in total. The average Bonchev–Trinajstić information content (AvgIpc) is 2.55. The SMILES string of the molecule is CCOc1cc(C#N)cc(Br)c1OCCOc1c(C)cccc1C. The van der Waals surface area contributed by atoms with Crippen LogP contribution < -0.4 is 14.2 Å². The third kappa shape index (κ3) is 4.42. The molecule has 0 heterocycles. The first-order valence-electron chi connectivity index (χ1n) is 7.75. The molecule has 0 N–H and O–H groups in total. The second kappa shape index (κ2) is 8.60. The third-order valence-electron chi connectivity index (χ3n) is 3.42. The molecule has 0 radical (unpaired) electrons. The molecule has 0 aliphatic heterocycles. The van der Waals surface area contributed by atoms with E-state index in [1.165, 1.54) is 0 Å². The van der Waals surface area contributed by atoms with Crippen molar-refractivity contribution < 1.29 is 14.2 Å². The molecule has 126 valence electrons. The number of hydrogen-bond acceptors (Lipinski definition) is 4. The lowest BCUT2D eigenvalue weighted by molar-refractivity contribution is 0.206. The Bertz CT molecular complexity index is 733. The first-order chi connectivity index (χ1) is 11.6. The Morgan fingerprint density at radius 3 is 2.21 bits per heavy atom. The van der Waals surface area contributed by atoms with Gasteiger partial charge in [0.25, 0.3) is 0 Å². The number of para-hydroxylation sites is 1. The Labute approximate surface area is 151 Å². The molecule has 0 aliphatic rings. The molecule has 0 amide bonds. The van der Waals surface area contributed by atoms with Crippen LogP contribution in [-0.4, -0.2) is 19.8 Å². The second-order valence-electron chi connectivity index (χ2n) is 5.25. The maximum Gasteiger partial charge on any atom is 0.175 e. The summed E-state index contributed by atoms with van der Waals surface area (Å²) in [4.78, 5) is 0. The maximum atomic E-state index is 9.05. The molecular weight excluding hydrogens is 370 g/mol. The Balaban J connectivity index is 2.03. The molecule has 0 bridgehead atoms. The minimum atomic E-state index is 0.373. The van der Waals surface area contributed by atoms with Gasteiger partial charge in [-0.3, -0.25) is 0 Å². The molecule has 0 saturated heterocycles. The van der Waals surface area contributed by atoms with Gasteiger partial charge >= 0.3 is 0 Å². The predicted octanol–water partition coefficient (Wildman–Crippen LogP) is 4.79. The first-order valence-corrected chi connectivity index (χ1v) is 8.54. The molecule has 5 heteroatoms. The van der Waals surface area contributed by atoms with Gasteiger partial charge in [-0.2, -0.15) is 5.26 Å². The monoisotopic (exact) mass is 389 g/mol. The summed E-state index contributed by atoms with van der Waals surface area (Å²) < 4.78 is 17.9. The smallest absolute Gasteiger partial charge is 0.175 e. The van der Waals surface area contributed by atoms with Crippen LogP contribution in [0.5, 0.6) is 17.2 Å². The van der Waals surface area contributed by atoms with E-state index in [-0.39, 0.29) is 0 Å². The van der Waals surface area contributed by atoms with Gasteiger partial charge in [0.15, 0.2) is 11.5 Å². The highest BCUT2D eigenvalue weighted by molar-refractivity contribution is 9.10. The van der Waals surface area contributed by atoms with Crippen molar-refractivity contribution in [3.8, 4) is 23.3 Å². The first kappa shape index (κ1) is 18.2. The number of rotatable bonds is 7. The molecule has 2 aromatic carbocycles. The lowest BCUT2D eigenvalue weighted by Gasteiger charge is -2.15. The molecule has 0 unspecified atom stereocenters. The average molecular weight is 390 g/mol. The van der Waals surface area contributed by atoms with Gasteiger partial charge in [0.1, 0.15) is 19.0 Å². The van der Waals surface area contributed by atoms with Gasteiger partial charge in [0.2, 0.25) is 0 Å². The van der Waals surface area contributed by atoms with Crippen molar-refractivity contribution in [3.63, 3.8) is 0 Å². The fourth-order valence-electron chi connectivity index (χ4n) is 2.35. The van der Waals surface area contributed by atoms with E-state index < -0.39 is 0 Å². The van der Waals surface area contributed by atoms with E-state index in [4.69, 9.17) is 19.5 Å². The summed E-state index contributed by atoms with van der Waals surface area (Å²) in [5, 5.41) is 9.05. The van der Waals surface area contributed by atoms with Crippen molar-refractivity contribution in [1.82, 2.24) is 0 Å². The predicted molar refractivity (Wildman–Crippen MR) is 96.9 cm³/mol. The van der Waals surface area contributed by atoms with E-state index in [1.807, 2.05) is 39.0 Å². The summed E-state index contributed by atoms with van der Waals surface area (Å²) in [5.41, 5.74) is 2.72. The molecule has 2 rings (SSSR count). The van der Waals surface area contributed by atoms with E-state index >= 15 is 0 Å². The molecule has 0 aromatic heterocycles. The van der Waals surface area contributed by atoms with Crippen molar-refractivity contribution >= 4 is 15.9 Å². The lowest BCUT2D eigenvalue weighted by Crippen LogP contribution is -2.11. The van der Waals surface area contributed by atoms with Gasteiger partial charge in [0.05, 0.1) is 22.7 Å². The second-order valence-corrected chi connectivity index (χ2v) is 6.10. The largest absolute Gasteiger partial charge is 0.490 e. The topological polar surface area (TPSA) is 51.5 Å². The Hall–Kier alpha value is -2.19. The van der Waals surface area contributed by atoms with Crippen LogP contribution in [0.3, 0.4) is 0 Å². The molecule has 2 aromatic rings. The van der Waals surface area contributed by atoms with Crippen LogP contribution in [0.1, 0.15) is 23.6 Å². The van der Waals surface area contributed by atoms with Crippen LogP contribution in [0, 0.1) is 25.2 Å². The number of hydrogen-bond donors (Lipinski definition) is 0. The van der Waals surface area contributed by atoms with Gasteiger partial charge < -0.3 is 14.2 Å². The minimum absolute atomic E-state index is 0.373. The summed E-state index contributed by atoms with van der Waals surface area (Å²) in [5.74, 6) is 2.03. The zero-order chi connectivity index (χ0) is 17.5. The molecule has 0 atom stereocenters. The standard InChI is InChI=1S/C19H20BrNO3/c1-4-22-17-11-15(12-21)10-16(20)19(17)24-9-8-23-18-13(2)6-5-7-14(18)3/h5-7,10-11H,4,8-9H2,1-3H3. The fraction of sp³-hybridized carbons (Fsp3) is 0.316. The number of aryl methyl sites for hydroxylation is 2. The minimum Gasteiger partial charge on any atom is -0.490 e. The molecule has 0 aliphatic carbocycles. The molecular formula is C19H20BrNO3. The van der Waals surface area contributed by atoms with E-state index in [2.05, 4.69) is 22.0 Å². The molecule has 0 saturated carbocycles. The van der Waals surface area contributed by atoms with Crippen molar-refractivity contribution in [3.05, 3.63) is 51.5 Å². The van der Waals surface area contributed by atoms with Gasteiger partial charge in [-0.15, -0.1) is 0 Å². The van der Waals surface area contributed by atoms with Crippen molar-refractivity contribution in [2.24, 2.45) is 0 Å². The quantitative estimate of drug-likeness (QED) is 0.638. The van der Waals surface area contributed by atoms with Crippen LogP contribution >= 0.6 is 15.9 Å². The van der Waals surface area contributed by atoms with Crippen LogP contribution in [0.4, 0.5) is 0 Å².